The second-order valence-corrected chi connectivity index (χ2v) is 6.10. The average molecular weight is 250 g/mol. The maximum absolute atomic E-state index is 9.12. The van der Waals surface area contributed by atoms with Crippen molar-refractivity contribution in [3.8, 4) is 6.07 Å². The number of hydrogen-bond donors (Lipinski definition) is 1. The molecular weight excluding hydrogens is 224 g/mol. The van der Waals surface area contributed by atoms with Crippen molar-refractivity contribution in [3.63, 3.8) is 0 Å². The van der Waals surface area contributed by atoms with E-state index in [1.165, 1.54) is 25.9 Å². The first-order chi connectivity index (χ1) is 8.61. The fraction of sp³-hybridized carbons (Fsp3) is 0.929. The molecule has 0 spiro atoms. The Kier molecular flexibility index (Phi) is 4.26. The summed E-state index contributed by atoms with van der Waals surface area (Å²) >= 11 is 0. The molecule has 0 aromatic heterocycles. The largest absolute Gasteiger partial charge is 0.305 e. The predicted molar refractivity (Wildman–Crippen MR) is 73.0 cm³/mol. The summed E-state index contributed by atoms with van der Waals surface area (Å²) in [7, 11) is 2.00. The Hall–Kier alpha value is -0.630. The summed E-state index contributed by atoms with van der Waals surface area (Å²) in [5.41, 5.74) is 0.139. The molecule has 102 valence electrons. The number of rotatable bonds is 4. The summed E-state index contributed by atoms with van der Waals surface area (Å²) in [6.45, 7) is 8.95. The van der Waals surface area contributed by atoms with Gasteiger partial charge in [0.2, 0.25) is 0 Å². The molecule has 1 atom stereocenters. The lowest BCUT2D eigenvalue weighted by molar-refractivity contribution is -0.0849. The predicted octanol–water partition coefficient (Wildman–Crippen LogP) is 1.25. The highest BCUT2D eigenvalue weighted by molar-refractivity contribution is 5.09. The van der Waals surface area contributed by atoms with Crippen LogP contribution in [0.25, 0.3) is 0 Å². The van der Waals surface area contributed by atoms with E-state index in [-0.39, 0.29) is 5.54 Å². The van der Waals surface area contributed by atoms with Gasteiger partial charge in [0.15, 0.2) is 0 Å². The molecule has 2 rings (SSSR count). The van der Waals surface area contributed by atoms with E-state index in [1.54, 1.807) is 0 Å². The molecule has 0 saturated carbocycles. The Labute approximate surface area is 111 Å². The Morgan fingerprint density at radius 2 is 2.00 bits per heavy atom. The summed E-state index contributed by atoms with van der Waals surface area (Å²) in [6, 6.07) is 2.41. The van der Waals surface area contributed by atoms with Crippen LogP contribution in [0.15, 0.2) is 0 Å². The Bertz CT molecular complexity index is 308. The highest BCUT2D eigenvalue weighted by Gasteiger charge is 2.48. The number of nitrogens with one attached hydrogen (secondary N) is 1. The fourth-order valence-corrected chi connectivity index (χ4v) is 3.22. The summed E-state index contributed by atoms with van der Waals surface area (Å²) in [5, 5.41) is 12.4. The molecule has 2 fully saturated rings. The molecule has 0 amide bonds. The van der Waals surface area contributed by atoms with E-state index in [2.05, 4.69) is 35.0 Å². The standard InChI is InChI=1S/C14H26N4/c1-12-4-8-18(9-5-12)14(6-7-15)10-17(11-14)13(2)16-3/h12-13,16H,4-6,8-11H2,1-3H3. The zero-order valence-corrected chi connectivity index (χ0v) is 11.9. The quantitative estimate of drug-likeness (QED) is 0.815. The smallest absolute Gasteiger partial charge is 0.0642 e. The van der Waals surface area contributed by atoms with Gasteiger partial charge >= 0.3 is 0 Å². The molecule has 0 radical (unpaired) electrons. The minimum atomic E-state index is 0.139. The molecule has 0 aliphatic carbocycles. The molecule has 0 bridgehead atoms. The van der Waals surface area contributed by atoms with Crippen LogP contribution in [0, 0.1) is 17.2 Å². The van der Waals surface area contributed by atoms with E-state index in [0.717, 1.165) is 19.0 Å². The molecule has 4 heteroatoms. The lowest BCUT2D eigenvalue weighted by atomic mass is 9.82. The average Bonchev–Trinajstić information content (AvgIpc) is 2.33. The number of likely N-dealkylation sites (tertiary alicyclic amines) is 2. The fourth-order valence-electron chi connectivity index (χ4n) is 3.22. The van der Waals surface area contributed by atoms with E-state index < -0.39 is 0 Å². The highest BCUT2D eigenvalue weighted by Crippen LogP contribution is 2.35. The molecule has 2 heterocycles. The van der Waals surface area contributed by atoms with Crippen molar-refractivity contribution in [1.29, 1.82) is 5.26 Å². The number of piperidine rings is 1. The van der Waals surface area contributed by atoms with Gasteiger partial charge < -0.3 is 5.32 Å². The molecule has 2 saturated heterocycles. The van der Waals surface area contributed by atoms with Crippen molar-refractivity contribution in [2.45, 2.75) is 44.8 Å². The Morgan fingerprint density at radius 1 is 1.39 bits per heavy atom. The molecule has 1 unspecified atom stereocenters. The Morgan fingerprint density at radius 3 is 2.50 bits per heavy atom. The van der Waals surface area contributed by atoms with Gasteiger partial charge in [0.05, 0.1) is 24.2 Å². The van der Waals surface area contributed by atoms with Crippen molar-refractivity contribution in [2.24, 2.45) is 5.92 Å². The van der Waals surface area contributed by atoms with Crippen LogP contribution < -0.4 is 5.32 Å². The SMILES string of the molecule is CNC(C)N1CC(CC#N)(N2CCC(C)CC2)C1. The van der Waals surface area contributed by atoms with Crippen LogP contribution >= 0.6 is 0 Å². The normalized spacial score (nSPS) is 27.4. The summed E-state index contributed by atoms with van der Waals surface area (Å²) in [5.74, 6) is 0.854. The summed E-state index contributed by atoms with van der Waals surface area (Å²) < 4.78 is 0. The third-order valence-electron chi connectivity index (χ3n) is 4.82. The summed E-state index contributed by atoms with van der Waals surface area (Å²) in [6.07, 6.45) is 3.67. The Balaban J connectivity index is 1.96. The van der Waals surface area contributed by atoms with Gasteiger partial charge in [-0.1, -0.05) is 6.92 Å². The monoisotopic (exact) mass is 250 g/mol. The third-order valence-corrected chi connectivity index (χ3v) is 4.82. The van der Waals surface area contributed by atoms with Crippen molar-refractivity contribution in [2.75, 3.05) is 33.2 Å². The van der Waals surface area contributed by atoms with Gasteiger partial charge in [0.1, 0.15) is 0 Å². The first-order valence-corrected chi connectivity index (χ1v) is 7.14. The van der Waals surface area contributed by atoms with E-state index in [4.69, 9.17) is 5.26 Å². The van der Waals surface area contributed by atoms with Crippen molar-refractivity contribution >= 4 is 0 Å². The molecule has 4 nitrogen and oxygen atoms in total. The van der Waals surface area contributed by atoms with Gasteiger partial charge in [0, 0.05) is 13.1 Å². The second-order valence-electron chi connectivity index (χ2n) is 6.10. The highest BCUT2D eigenvalue weighted by atomic mass is 15.4. The van der Waals surface area contributed by atoms with Gasteiger partial charge in [-0.2, -0.15) is 5.26 Å². The van der Waals surface area contributed by atoms with Crippen molar-refractivity contribution < 1.29 is 0 Å². The molecule has 0 aromatic rings. The van der Waals surface area contributed by atoms with Crippen LogP contribution in [0.4, 0.5) is 0 Å². The van der Waals surface area contributed by atoms with Gasteiger partial charge in [-0.05, 0) is 45.8 Å². The van der Waals surface area contributed by atoms with Gasteiger partial charge in [-0.15, -0.1) is 0 Å². The third kappa shape index (κ3) is 2.54. The van der Waals surface area contributed by atoms with Crippen LogP contribution in [0.1, 0.15) is 33.1 Å². The van der Waals surface area contributed by atoms with Crippen LogP contribution in [0.5, 0.6) is 0 Å². The molecule has 2 aliphatic rings. The minimum absolute atomic E-state index is 0.139. The zero-order valence-electron chi connectivity index (χ0n) is 11.9. The number of nitrogens with zero attached hydrogens (tertiary/aromatic N) is 3. The summed E-state index contributed by atoms with van der Waals surface area (Å²) in [4.78, 5) is 5.00. The maximum atomic E-state index is 9.12. The van der Waals surface area contributed by atoms with Crippen LogP contribution in [-0.4, -0.2) is 54.7 Å². The first kappa shape index (κ1) is 13.8. The van der Waals surface area contributed by atoms with E-state index in [9.17, 15) is 0 Å². The second kappa shape index (κ2) is 5.56. The maximum Gasteiger partial charge on any atom is 0.0642 e. The van der Waals surface area contributed by atoms with Gasteiger partial charge in [-0.3, -0.25) is 9.80 Å². The van der Waals surface area contributed by atoms with Crippen LogP contribution in [-0.2, 0) is 0 Å². The molecule has 0 aromatic carbocycles. The lowest BCUT2D eigenvalue weighted by Crippen LogP contribution is -2.73. The molecule has 18 heavy (non-hydrogen) atoms. The van der Waals surface area contributed by atoms with E-state index in [0.29, 0.717) is 12.6 Å². The van der Waals surface area contributed by atoms with Gasteiger partial charge in [0.25, 0.3) is 0 Å². The van der Waals surface area contributed by atoms with Gasteiger partial charge in [-0.25, -0.2) is 0 Å². The van der Waals surface area contributed by atoms with Crippen LogP contribution in [0.2, 0.25) is 0 Å². The zero-order chi connectivity index (χ0) is 13.2. The van der Waals surface area contributed by atoms with E-state index >= 15 is 0 Å². The minimum Gasteiger partial charge on any atom is -0.305 e. The number of hydrogen-bond acceptors (Lipinski definition) is 4. The molecule has 1 N–H and O–H groups in total. The van der Waals surface area contributed by atoms with E-state index in [1.807, 2.05) is 7.05 Å². The lowest BCUT2D eigenvalue weighted by Gasteiger charge is -2.58. The van der Waals surface area contributed by atoms with Crippen molar-refractivity contribution in [1.82, 2.24) is 15.1 Å². The topological polar surface area (TPSA) is 42.3 Å². The van der Waals surface area contributed by atoms with Crippen molar-refractivity contribution in [3.05, 3.63) is 0 Å². The van der Waals surface area contributed by atoms with Crippen LogP contribution in [0.3, 0.4) is 0 Å². The molecule has 2 aliphatic heterocycles. The number of nitriles is 1. The molecular formula is C14H26N4. The first-order valence-electron chi connectivity index (χ1n) is 7.14.